The zero-order valence-corrected chi connectivity index (χ0v) is 27.4. The van der Waals surface area contributed by atoms with Gasteiger partial charge in [0.05, 0.1) is 0 Å². The molecule has 3 aromatic rings. The van der Waals surface area contributed by atoms with E-state index in [0.717, 1.165) is 16.7 Å². The van der Waals surface area contributed by atoms with E-state index in [-0.39, 0.29) is 23.7 Å². The Morgan fingerprint density at radius 2 is 1.34 bits per heavy atom. The molecule has 2 atom stereocenters. The van der Waals surface area contributed by atoms with Crippen LogP contribution in [0.2, 0.25) is 0 Å². The first kappa shape index (κ1) is 34.4. The third-order valence-corrected chi connectivity index (χ3v) is 6.96. The summed E-state index contributed by atoms with van der Waals surface area (Å²) in [6.07, 6.45) is 0.627. The summed E-state index contributed by atoms with van der Waals surface area (Å²) in [5, 5.41) is 5.78. The SMILES string of the molecule is CC(C)CC(NC(=O)c1ccc(C(C)(C)C)cc1)C(=O)NC(Cc1ccc(OCc2ccccc2)cc1)C(=O)OC(C)(C)C. The fourth-order valence-corrected chi connectivity index (χ4v) is 4.60. The third kappa shape index (κ3) is 11.2. The molecule has 0 aliphatic heterocycles. The average molecular weight is 601 g/mol. The van der Waals surface area contributed by atoms with Crippen molar-refractivity contribution in [2.45, 2.75) is 97.9 Å². The lowest BCUT2D eigenvalue weighted by atomic mass is 9.86. The Bertz CT molecular complexity index is 1370. The highest BCUT2D eigenvalue weighted by atomic mass is 16.6. The van der Waals surface area contributed by atoms with Crippen LogP contribution >= 0.6 is 0 Å². The standard InChI is InChI=1S/C37H48N2O5/c1-25(2)22-31(38-33(40)28-16-18-29(19-17-28)36(3,4)5)34(41)39-32(35(42)44-37(6,7)8)23-26-14-20-30(21-15-26)43-24-27-12-10-9-11-13-27/h9-21,25,31-32H,22-24H2,1-8H3,(H,38,40)(H,39,41). The number of amides is 2. The molecule has 0 saturated carbocycles. The smallest absolute Gasteiger partial charge is 0.329 e. The maximum Gasteiger partial charge on any atom is 0.329 e. The second-order valence-electron chi connectivity index (χ2n) is 13.7. The molecule has 2 unspecified atom stereocenters. The van der Waals surface area contributed by atoms with Crippen molar-refractivity contribution in [3.8, 4) is 5.75 Å². The zero-order valence-electron chi connectivity index (χ0n) is 27.4. The van der Waals surface area contributed by atoms with Crippen LogP contribution in [0, 0.1) is 5.92 Å². The summed E-state index contributed by atoms with van der Waals surface area (Å²) in [7, 11) is 0. The molecule has 7 heteroatoms. The van der Waals surface area contributed by atoms with Gasteiger partial charge in [-0.1, -0.05) is 89.2 Å². The number of nitrogens with one attached hydrogen (secondary N) is 2. The summed E-state index contributed by atoms with van der Waals surface area (Å²) in [5.41, 5.74) is 2.70. The Labute approximate surface area is 262 Å². The molecule has 2 N–H and O–H groups in total. The van der Waals surface area contributed by atoms with Gasteiger partial charge in [0.2, 0.25) is 5.91 Å². The first-order valence-corrected chi connectivity index (χ1v) is 15.3. The van der Waals surface area contributed by atoms with Gasteiger partial charge in [0.25, 0.3) is 5.91 Å². The van der Waals surface area contributed by atoms with Crippen molar-refractivity contribution < 1.29 is 23.9 Å². The Hall–Kier alpha value is -4.13. The van der Waals surface area contributed by atoms with Crippen LogP contribution in [-0.2, 0) is 32.8 Å². The van der Waals surface area contributed by atoms with E-state index >= 15 is 0 Å². The van der Waals surface area contributed by atoms with E-state index in [2.05, 4.69) is 31.4 Å². The number of rotatable bonds is 12. The summed E-state index contributed by atoms with van der Waals surface area (Å²) >= 11 is 0. The molecular formula is C37H48N2O5. The first-order valence-electron chi connectivity index (χ1n) is 15.3. The Morgan fingerprint density at radius 1 is 0.727 bits per heavy atom. The number of hydrogen-bond acceptors (Lipinski definition) is 5. The molecule has 3 aromatic carbocycles. The molecule has 0 bridgehead atoms. The van der Waals surface area contributed by atoms with Crippen LogP contribution < -0.4 is 15.4 Å². The Balaban J connectivity index is 1.74. The lowest BCUT2D eigenvalue weighted by Crippen LogP contribution is -2.53. The minimum atomic E-state index is -0.949. The highest BCUT2D eigenvalue weighted by molar-refractivity contribution is 5.98. The molecule has 0 aliphatic rings. The maximum absolute atomic E-state index is 13.6. The monoisotopic (exact) mass is 600 g/mol. The molecule has 2 amide bonds. The fraction of sp³-hybridized carbons (Fsp3) is 0.432. The largest absolute Gasteiger partial charge is 0.489 e. The zero-order chi connectivity index (χ0) is 32.5. The lowest BCUT2D eigenvalue weighted by Gasteiger charge is -2.27. The van der Waals surface area contributed by atoms with Crippen molar-refractivity contribution >= 4 is 17.8 Å². The fourth-order valence-electron chi connectivity index (χ4n) is 4.60. The lowest BCUT2D eigenvalue weighted by molar-refractivity contribution is -0.158. The van der Waals surface area contributed by atoms with Crippen LogP contribution in [0.15, 0.2) is 78.9 Å². The van der Waals surface area contributed by atoms with Crippen molar-refractivity contribution in [2.24, 2.45) is 5.92 Å². The normalized spacial score (nSPS) is 13.1. The van der Waals surface area contributed by atoms with Crippen LogP contribution in [0.3, 0.4) is 0 Å². The molecule has 0 radical (unpaired) electrons. The summed E-state index contributed by atoms with van der Waals surface area (Å²) in [6, 6.07) is 23.0. The molecule has 44 heavy (non-hydrogen) atoms. The second kappa shape index (κ2) is 15.0. The third-order valence-electron chi connectivity index (χ3n) is 6.96. The van der Waals surface area contributed by atoms with Crippen molar-refractivity contribution in [1.29, 1.82) is 0 Å². The van der Waals surface area contributed by atoms with Crippen LogP contribution in [0.4, 0.5) is 0 Å². The first-order chi connectivity index (χ1) is 20.6. The number of carbonyl (C=O) groups excluding carboxylic acids is 3. The van der Waals surface area contributed by atoms with Gasteiger partial charge < -0.3 is 20.1 Å². The molecule has 7 nitrogen and oxygen atoms in total. The molecule has 0 saturated heterocycles. The van der Waals surface area contributed by atoms with E-state index in [1.165, 1.54) is 0 Å². The van der Waals surface area contributed by atoms with E-state index in [9.17, 15) is 14.4 Å². The van der Waals surface area contributed by atoms with E-state index in [1.807, 2.05) is 80.6 Å². The molecule has 0 spiro atoms. The van der Waals surface area contributed by atoms with E-state index in [0.29, 0.717) is 24.3 Å². The molecule has 0 aromatic heterocycles. The van der Waals surface area contributed by atoms with Crippen LogP contribution in [0.1, 0.15) is 88.9 Å². The van der Waals surface area contributed by atoms with Crippen molar-refractivity contribution in [1.82, 2.24) is 10.6 Å². The van der Waals surface area contributed by atoms with Crippen molar-refractivity contribution in [2.75, 3.05) is 0 Å². The van der Waals surface area contributed by atoms with Gasteiger partial charge in [-0.15, -0.1) is 0 Å². The summed E-state index contributed by atoms with van der Waals surface area (Å²) in [4.78, 5) is 40.1. The van der Waals surface area contributed by atoms with Gasteiger partial charge in [-0.05, 0) is 79.5 Å². The molecule has 236 valence electrons. The van der Waals surface area contributed by atoms with Gasteiger partial charge >= 0.3 is 5.97 Å². The van der Waals surface area contributed by atoms with Gasteiger partial charge in [0.15, 0.2) is 0 Å². The van der Waals surface area contributed by atoms with Crippen LogP contribution in [0.5, 0.6) is 5.75 Å². The molecule has 0 heterocycles. The second-order valence-corrected chi connectivity index (χ2v) is 13.7. The summed E-state index contributed by atoms with van der Waals surface area (Å²) < 4.78 is 11.6. The predicted octanol–water partition coefficient (Wildman–Crippen LogP) is 6.78. The molecule has 3 rings (SSSR count). The summed E-state index contributed by atoms with van der Waals surface area (Å²) in [5.74, 6) is -0.491. The molecule has 0 aliphatic carbocycles. The number of esters is 1. The Morgan fingerprint density at radius 3 is 1.89 bits per heavy atom. The maximum atomic E-state index is 13.6. The number of benzene rings is 3. The van der Waals surface area contributed by atoms with Gasteiger partial charge in [0.1, 0.15) is 30.0 Å². The van der Waals surface area contributed by atoms with Crippen LogP contribution in [-0.4, -0.2) is 35.5 Å². The van der Waals surface area contributed by atoms with E-state index < -0.39 is 29.6 Å². The van der Waals surface area contributed by atoms with Crippen molar-refractivity contribution in [3.05, 3.63) is 101 Å². The highest BCUT2D eigenvalue weighted by Crippen LogP contribution is 2.22. The Kier molecular flexibility index (Phi) is 11.7. The predicted molar refractivity (Wildman–Crippen MR) is 175 cm³/mol. The minimum Gasteiger partial charge on any atom is -0.489 e. The minimum absolute atomic E-state index is 0.0404. The molecular weight excluding hydrogens is 552 g/mol. The van der Waals surface area contributed by atoms with Gasteiger partial charge in [-0.3, -0.25) is 9.59 Å². The van der Waals surface area contributed by atoms with E-state index in [1.54, 1.807) is 32.9 Å². The number of ether oxygens (including phenoxy) is 2. The van der Waals surface area contributed by atoms with Gasteiger partial charge in [-0.25, -0.2) is 4.79 Å². The quantitative estimate of drug-likeness (QED) is 0.224. The summed E-state index contributed by atoms with van der Waals surface area (Å²) in [6.45, 7) is 16.1. The van der Waals surface area contributed by atoms with Crippen LogP contribution in [0.25, 0.3) is 0 Å². The topological polar surface area (TPSA) is 93.7 Å². The molecule has 0 fully saturated rings. The number of hydrogen-bond donors (Lipinski definition) is 2. The average Bonchev–Trinajstić information content (AvgIpc) is 2.95. The number of carbonyl (C=O) groups is 3. The highest BCUT2D eigenvalue weighted by Gasteiger charge is 2.31. The van der Waals surface area contributed by atoms with Gasteiger partial charge in [-0.2, -0.15) is 0 Å². The van der Waals surface area contributed by atoms with Crippen molar-refractivity contribution in [3.63, 3.8) is 0 Å². The van der Waals surface area contributed by atoms with E-state index in [4.69, 9.17) is 9.47 Å². The van der Waals surface area contributed by atoms with Gasteiger partial charge in [0, 0.05) is 12.0 Å².